The van der Waals surface area contributed by atoms with Gasteiger partial charge in [-0.05, 0) is 48.4 Å². The molecule has 102 valence electrons. The lowest BCUT2D eigenvalue weighted by Gasteiger charge is -1.98. The zero-order valence-electron chi connectivity index (χ0n) is 11.4. The van der Waals surface area contributed by atoms with E-state index in [1.54, 1.807) is 19.4 Å². The summed E-state index contributed by atoms with van der Waals surface area (Å²) in [7, 11) is 1.61. The molecule has 20 heavy (non-hydrogen) atoms. The van der Waals surface area contributed by atoms with E-state index in [1.165, 1.54) is 12.3 Å². The molecule has 0 N–H and O–H groups in total. The third-order valence-electron chi connectivity index (χ3n) is 2.74. The second kappa shape index (κ2) is 6.61. The second-order valence-corrected chi connectivity index (χ2v) is 4.29. The van der Waals surface area contributed by atoms with Gasteiger partial charge in [-0.3, -0.25) is 0 Å². The van der Waals surface area contributed by atoms with Crippen LogP contribution in [0.15, 0.2) is 52.7 Å². The number of nitrogens with zero attached hydrogens (tertiary/aromatic N) is 2. The molecule has 0 bridgehead atoms. The monoisotopic (exact) mass is 270 g/mol. The minimum absolute atomic E-state index is 0.298. The molecule has 0 fully saturated rings. The predicted molar refractivity (Wildman–Crippen MR) is 79.3 cm³/mol. The van der Waals surface area contributed by atoms with Gasteiger partial charge in [-0.15, -0.1) is 0 Å². The van der Waals surface area contributed by atoms with Gasteiger partial charge < -0.3 is 4.74 Å². The fourth-order valence-corrected chi connectivity index (χ4v) is 1.62. The van der Waals surface area contributed by atoms with Crippen LogP contribution in [0, 0.1) is 12.7 Å². The first-order chi connectivity index (χ1) is 9.69. The van der Waals surface area contributed by atoms with Crippen molar-refractivity contribution in [3.8, 4) is 5.75 Å². The van der Waals surface area contributed by atoms with E-state index in [2.05, 4.69) is 10.2 Å². The van der Waals surface area contributed by atoms with Crippen molar-refractivity contribution in [2.45, 2.75) is 6.92 Å². The molecule has 0 unspecified atom stereocenters. The van der Waals surface area contributed by atoms with Crippen molar-refractivity contribution in [1.29, 1.82) is 0 Å². The number of methoxy groups -OCH3 is 1. The van der Waals surface area contributed by atoms with Crippen LogP contribution in [0.1, 0.15) is 16.7 Å². The van der Waals surface area contributed by atoms with Crippen LogP contribution in [0.25, 0.3) is 0 Å². The Bertz CT molecular complexity index is 633. The van der Waals surface area contributed by atoms with Gasteiger partial charge in [0.1, 0.15) is 11.6 Å². The van der Waals surface area contributed by atoms with Crippen molar-refractivity contribution in [2.24, 2.45) is 10.2 Å². The van der Waals surface area contributed by atoms with Crippen LogP contribution in [0.4, 0.5) is 4.39 Å². The Kier molecular flexibility index (Phi) is 4.60. The lowest BCUT2D eigenvalue weighted by atomic mass is 10.1. The van der Waals surface area contributed by atoms with E-state index < -0.39 is 0 Å². The molecule has 0 radical (unpaired) electrons. The quantitative estimate of drug-likeness (QED) is 0.617. The largest absolute Gasteiger partial charge is 0.497 e. The fourth-order valence-electron chi connectivity index (χ4n) is 1.62. The topological polar surface area (TPSA) is 34.0 Å². The number of halogens is 1. The summed E-state index contributed by atoms with van der Waals surface area (Å²) >= 11 is 0. The summed E-state index contributed by atoms with van der Waals surface area (Å²) in [5.41, 5.74) is 2.19. The molecule has 2 aromatic rings. The van der Waals surface area contributed by atoms with E-state index in [0.29, 0.717) is 5.56 Å². The van der Waals surface area contributed by atoms with Crippen LogP contribution in [0.2, 0.25) is 0 Å². The van der Waals surface area contributed by atoms with Gasteiger partial charge >= 0.3 is 0 Å². The molecule has 2 aromatic carbocycles. The maximum atomic E-state index is 13.5. The van der Waals surface area contributed by atoms with Gasteiger partial charge in [0.15, 0.2) is 0 Å². The molecule has 0 saturated heterocycles. The number of aryl methyl sites for hydroxylation is 1. The van der Waals surface area contributed by atoms with Gasteiger partial charge in [0.2, 0.25) is 0 Å². The highest BCUT2D eigenvalue weighted by molar-refractivity contribution is 5.83. The molecule has 0 heterocycles. The van der Waals surface area contributed by atoms with E-state index >= 15 is 0 Å². The zero-order valence-corrected chi connectivity index (χ0v) is 11.4. The smallest absolute Gasteiger partial charge is 0.132 e. The number of rotatable bonds is 4. The van der Waals surface area contributed by atoms with Crippen molar-refractivity contribution in [2.75, 3.05) is 7.11 Å². The molecule has 4 heteroatoms. The summed E-state index contributed by atoms with van der Waals surface area (Å²) in [4.78, 5) is 0. The average molecular weight is 270 g/mol. The normalized spacial score (nSPS) is 11.3. The number of ether oxygens (including phenoxy) is 1. The van der Waals surface area contributed by atoms with Gasteiger partial charge in [-0.2, -0.15) is 10.2 Å². The van der Waals surface area contributed by atoms with Crippen molar-refractivity contribution in [3.63, 3.8) is 0 Å². The average Bonchev–Trinajstić information content (AvgIpc) is 2.46. The van der Waals surface area contributed by atoms with Gasteiger partial charge in [0, 0.05) is 5.56 Å². The van der Waals surface area contributed by atoms with Crippen LogP contribution in [0.3, 0.4) is 0 Å². The first-order valence-electron chi connectivity index (χ1n) is 6.15. The Morgan fingerprint density at radius 3 is 2.35 bits per heavy atom. The molecule has 0 aliphatic heterocycles. The maximum absolute atomic E-state index is 13.5. The minimum atomic E-state index is -0.298. The zero-order chi connectivity index (χ0) is 14.4. The summed E-state index contributed by atoms with van der Waals surface area (Å²) in [6.45, 7) is 1.84. The summed E-state index contributed by atoms with van der Waals surface area (Å²) in [5.74, 6) is 0.487. The summed E-state index contributed by atoms with van der Waals surface area (Å²) in [5, 5.41) is 7.74. The van der Waals surface area contributed by atoms with Gasteiger partial charge in [0.05, 0.1) is 19.5 Å². The maximum Gasteiger partial charge on any atom is 0.132 e. The third-order valence-corrected chi connectivity index (χ3v) is 2.74. The minimum Gasteiger partial charge on any atom is -0.497 e. The lowest BCUT2D eigenvalue weighted by molar-refractivity contribution is 0.415. The molecule has 0 spiro atoms. The molecule has 2 rings (SSSR count). The summed E-state index contributed by atoms with van der Waals surface area (Å²) in [6, 6.07) is 12.4. The SMILES string of the molecule is COc1ccc(/C=N/N=C/c2ccc(C)cc2F)cc1. The van der Waals surface area contributed by atoms with Crippen LogP contribution in [-0.2, 0) is 0 Å². The molecule has 0 aliphatic carbocycles. The van der Waals surface area contributed by atoms with Crippen LogP contribution in [-0.4, -0.2) is 19.5 Å². The number of benzene rings is 2. The van der Waals surface area contributed by atoms with E-state index in [9.17, 15) is 4.39 Å². The Labute approximate surface area is 117 Å². The Balaban J connectivity index is 2.03. The molecule has 0 aromatic heterocycles. The first kappa shape index (κ1) is 13.9. The van der Waals surface area contributed by atoms with Crippen LogP contribution >= 0.6 is 0 Å². The molecular weight excluding hydrogens is 255 g/mol. The number of hydrogen-bond acceptors (Lipinski definition) is 3. The highest BCUT2D eigenvalue weighted by Crippen LogP contribution is 2.10. The van der Waals surface area contributed by atoms with E-state index in [1.807, 2.05) is 37.3 Å². The molecule has 0 saturated carbocycles. The van der Waals surface area contributed by atoms with Gasteiger partial charge in [-0.1, -0.05) is 12.1 Å². The number of hydrogen-bond donors (Lipinski definition) is 0. The highest BCUT2D eigenvalue weighted by atomic mass is 19.1. The van der Waals surface area contributed by atoms with Crippen molar-refractivity contribution < 1.29 is 9.13 Å². The first-order valence-corrected chi connectivity index (χ1v) is 6.15. The summed E-state index contributed by atoms with van der Waals surface area (Å²) < 4.78 is 18.6. The highest BCUT2D eigenvalue weighted by Gasteiger charge is 1.98. The summed E-state index contributed by atoms with van der Waals surface area (Å²) in [6.07, 6.45) is 3.00. The van der Waals surface area contributed by atoms with Crippen LogP contribution < -0.4 is 4.74 Å². The Hall–Kier alpha value is -2.49. The van der Waals surface area contributed by atoms with E-state index in [4.69, 9.17) is 4.74 Å². The second-order valence-electron chi connectivity index (χ2n) is 4.29. The van der Waals surface area contributed by atoms with Crippen LogP contribution in [0.5, 0.6) is 5.75 Å². The van der Waals surface area contributed by atoms with Gasteiger partial charge in [0.25, 0.3) is 0 Å². The molecular formula is C16H15FN2O. The molecule has 0 amide bonds. The Morgan fingerprint density at radius 2 is 1.70 bits per heavy atom. The molecule has 3 nitrogen and oxygen atoms in total. The van der Waals surface area contributed by atoms with E-state index in [0.717, 1.165) is 16.9 Å². The van der Waals surface area contributed by atoms with Crippen molar-refractivity contribution in [1.82, 2.24) is 0 Å². The Morgan fingerprint density at radius 1 is 1.00 bits per heavy atom. The predicted octanol–water partition coefficient (Wildman–Crippen LogP) is 3.60. The van der Waals surface area contributed by atoms with Crippen molar-refractivity contribution >= 4 is 12.4 Å². The fraction of sp³-hybridized carbons (Fsp3) is 0.125. The molecule has 0 aliphatic rings. The van der Waals surface area contributed by atoms with Gasteiger partial charge in [-0.25, -0.2) is 4.39 Å². The van der Waals surface area contributed by atoms with Crippen molar-refractivity contribution in [3.05, 3.63) is 65.0 Å². The third kappa shape index (κ3) is 3.75. The molecule has 0 atom stereocenters. The standard InChI is InChI=1S/C16H15FN2O/c1-12-3-6-14(16(17)9-12)11-19-18-10-13-4-7-15(20-2)8-5-13/h3-11H,1-2H3/b18-10+,19-11+. The lowest BCUT2D eigenvalue weighted by Crippen LogP contribution is -1.88. The van der Waals surface area contributed by atoms with E-state index in [-0.39, 0.29) is 5.82 Å².